The molecule has 0 fully saturated rings. The number of anilines is 1. The normalized spacial score (nSPS) is 15.4. The molecule has 1 aliphatic heterocycles. The molecule has 3 heterocycles. The number of thiazole rings is 1. The number of carbonyl (C=O) groups excluding carboxylic acids is 3. The van der Waals surface area contributed by atoms with Crippen molar-refractivity contribution in [2.24, 2.45) is 0 Å². The van der Waals surface area contributed by atoms with Crippen molar-refractivity contribution >= 4 is 34.7 Å². The molecule has 1 aliphatic rings. The fourth-order valence-corrected chi connectivity index (χ4v) is 5.18. The van der Waals surface area contributed by atoms with Crippen LogP contribution < -0.4 is 4.90 Å². The van der Waals surface area contributed by atoms with Gasteiger partial charge < -0.3 is 14.3 Å². The smallest absolute Gasteiger partial charge is 0.337 e. The Hall–Kier alpha value is -4.50. The van der Waals surface area contributed by atoms with Crippen molar-refractivity contribution in [1.29, 1.82) is 0 Å². The summed E-state index contributed by atoms with van der Waals surface area (Å²) >= 11 is 1.19. The van der Waals surface area contributed by atoms with Crippen LogP contribution in [0, 0.1) is 6.92 Å². The third kappa shape index (κ3) is 3.89. The van der Waals surface area contributed by atoms with Crippen LogP contribution in [-0.2, 0) is 9.53 Å². The number of hydrogen-bond acceptors (Lipinski definition) is 8. The fourth-order valence-electron chi connectivity index (χ4n) is 4.15. The maximum atomic E-state index is 13.8. The number of aryl methyl sites for hydroxylation is 1. The van der Waals surface area contributed by atoms with Crippen LogP contribution in [0.3, 0.4) is 0 Å². The minimum absolute atomic E-state index is 0.121. The average Bonchev–Trinajstić information content (AvgIpc) is 3.63. The van der Waals surface area contributed by atoms with E-state index < -0.39 is 29.5 Å². The molecule has 1 unspecified atom stereocenters. The number of esters is 1. The van der Waals surface area contributed by atoms with Crippen molar-refractivity contribution < 1.29 is 28.6 Å². The van der Waals surface area contributed by atoms with Crippen LogP contribution >= 0.6 is 11.3 Å². The van der Waals surface area contributed by atoms with E-state index in [1.54, 1.807) is 37.3 Å². The third-order valence-electron chi connectivity index (χ3n) is 5.83. The summed E-state index contributed by atoms with van der Waals surface area (Å²) in [5, 5.41) is 11.6. The van der Waals surface area contributed by atoms with Gasteiger partial charge in [0.25, 0.3) is 5.91 Å². The minimum Gasteiger partial charge on any atom is -0.503 e. The first-order valence-corrected chi connectivity index (χ1v) is 11.8. The van der Waals surface area contributed by atoms with Crippen molar-refractivity contribution in [1.82, 2.24) is 4.98 Å². The van der Waals surface area contributed by atoms with E-state index in [4.69, 9.17) is 9.15 Å². The largest absolute Gasteiger partial charge is 0.503 e. The van der Waals surface area contributed by atoms with Gasteiger partial charge in [-0.05, 0) is 37.3 Å². The Balaban J connectivity index is 1.60. The molecule has 9 heteroatoms. The van der Waals surface area contributed by atoms with Gasteiger partial charge in [-0.25, -0.2) is 9.78 Å². The van der Waals surface area contributed by atoms with Crippen molar-refractivity contribution in [3.05, 3.63) is 106 Å². The summed E-state index contributed by atoms with van der Waals surface area (Å²) in [7, 11) is 1.26. The summed E-state index contributed by atoms with van der Waals surface area (Å²) in [5.41, 5.74) is 1.73. The number of hydrogen-bond donors (Lipinski definition) is 1. The number of furan rings is 1. The number of ether oxygens (including phenoxy) is 1. The Kier molecular flexibility index (Phi) is 5.99. The van der Waals surface area contributed by atoms with Crippen LogP contribution in [0.5, 0.6) is 0 Å². The topological polar surface area (TPSA) is 110 Å². The van der Waals surface area contributed by atoms with E-state index >= 15 is 0 Å². The van der Waals surface area contributed by atoms with Gasteiger partial charge in [0.1, 0.15) is 16.8 Å². The number of aliphatic hydroxyl groups is 1. The number of ketones is 1. The molecule has 36 heavy (non-hydrogen) atoms. The minimum atomic E-state index is -1.05. The number of aromatic nitrogens is 1. The highest BCUT2D eigenvalue weighted by atomic mass is 32.1. The second-order valence-electron chi connectivity index (χ2n) is 8.03. The van der Waals surface area contributed by atoms with E-state index in [0.717, 1.165) is 5.56 Å². The van der Waals surface area contributed by atoms with Gasteiger partial charge in [-0.3, -0.25) is 14.5 Å². The molecule has 1 atom stereocenters. The highest BCUT2D eigenvalue weighted by molar-refractivity contribution is 7.17. The quantitative estimate of drug-likeness (QED) is 0.283. The first kappa shape index (κ1) is 23.3. The second-order valence-corrected chi connectivity index (χ2v) is 9.03. The molecular formula is C27H20N2O6S. The zero-order valence-corrected chi connectivity index (χ0v) is 20.1. The number of Topliss-reactive ketones (excluding diaryl/α,β-unsaturated/α-hetero) is 1. The number of rotatable bonds is 6. The zero-order chi connectivity index (χ0) is 25.4. The van der Waals surface area contributed by atoms with Crippen molar-refractivity contribution in [2.45, 2.75) is 13.0 Å². The fraction of sp³-hybridized carbons (Fsp3) is 0.111. The Bertz CT molecular complexity index is 1500. The maximum Gasteiger partial charge on any atom is 0.337 e. The number of methoxy groups -OCH3 is 1. The number of nitrogens with zero attached hydrogens (tertiary/aromatic N) is 2. The van der Waals surface area contributed by atoms with E-state index in [1.165, 1.54) is 35.7 Å². The van der Waals surface area contributed by atoms with E-state index in [9.17, 15) is 19.5 Å². The average molecular weight is 501 g/mol. The molecule has 1 N–H and O–H groups in total. The molecule has 8 nitrogen and oxygen atoms in total. The maximum absolute atomic E-state index is 13.8. The predicted octanol–water partition coefficient (Wildman–Crippen LogP) is 5.28. The lowest BCUT2D eigenvalue weighted by Crippen LogP contribution is -2.31. The predicted molar refractivity (Wildman–Crippen MR) is 133 cm³/mol. The van der Waals surface area contributed by atoms with Crippen LogP contribution in [0.4, 0.5) is 5.69 Å². The molecule has 0 saturated heterocycles. The summed E-state index contributed by atoms with van der Waals surface area (Å²) in [6, 6.07) is 17.8. The molecule has 5 rings (SSSR count). The van der Waals surface area contributed by atoms with E-state index in [2.05, 4.69) is 4.98 Å². The van der Waals surface area contributed by atoms with E-state index in [-0.39, 0.29) is 16.9 Å². The summed E-state index contributed by atoms with van der Waals surface area (Å²) < 4.78 is 10.4. The van der Waals surface area contributed by atoms with Gasteiger partial charge in [0, 0.05) is 11.3 Å². The van der Waals surface area contributed by atoms with Gasteiger partial charge >= 0.3 is 5.97 Å². The van der Waals surface area contributed by atoms with Crippen molar-refractivity contribution in [3.8, 4) is 10.6 Å². The second kappa shape index (κ2) is 9.27. The number of benzene rings is 2. The molecule has 180 valence electrons. The summed E-state index contributed by atoms with van der Waals surface area (Å²) in [6.45, 7) is 1.71. The summed E-state index contributed by atoms with van der Waals surface area (Å²) in [6.07, 6.45) is 1.42. The Morgan fingerprint density at radius 2 is 1.86 bits per heavy atom. The summed E-state index contributed by atoms with van der Waals surface area (Å²) in [5.74, 6) is -2.29. The van der Waals surface area contributed by atoms with Gasteiger partial charge in [-0.1, -0.05) is 36.4 Å². The monoisotopic (exact) mass is 500 g/mol. The lowest BCUT2D eigenvalue weighted by molar-refractivity contribution is -0.117. The van der Waals surface area contributed by atoms with Gasteiger partial charge in [-0.2, -0.15) is 0 Å². The molecule has 2 aromatic heterocycles. The van der Waals surface area contributed by atoms with Gasteiger partial charge in [0.05, 0.1) is 35.1 Å². The molecular weight excluding hydrogens is 480 g/mol. The van der Waals surface area contributed by atoms with Crippen molar-refractivity contribution in [2.75, 3.05) is 12.0 Å². The van der Waals surface area contributed by atoms with Crippen LogP contribution in [0.25, 0.3) is 10.6 Å². The molecule has 0 aliphatic carbocycles. The highest BCUT2D eigenvalue weighted by Gasteiger charge is 2.46. The highest BCUT2D eigenvalue weighted by Crippen LogP contribution is 2.43. The zero-order valence-electron chi connectivity index (χ0n) is 19.3. The molecule has 0 spiro atoms. The van der Waals surface area contributed by atoms with Gasteiger partial charge in [0.15, 0.2) is 5.76 Å². The Morgan fingerprint density at radius 3 is 2.56 bits per heavy atom. The molecule has 4 aromatic rings. The molecule has 0 saturated carbocycles. The molecule has 2 aromatic carbocycles. The van der Waals surface area contributed by atoms with Gasteiger partial charge in [-0.15, -0.1) is 11.3 Å². The first-order valence-electron chi connectivity index (χ1n) is 11.0. The lowest BCUT2D eigenvalue weighted by Gasteiger charge is -2.25. The lowest BCUT2D eigenvalue weighted by atomic mass is 9.99. The molecule has 0 radical (unpaired) electrons. The standard InChI is InChI=1S/C27H20N2O6S/c1-15-24(36-25(28-15)16-8-4-3-5-9-16)22(30)20-21(19-12-7-13-35-19)29(26(32)23(20)31)18-11-6-10-17(14-18)27(33)34-2/h3-14,21,31H,1-2H3. The summed E-state index contributed by atoms with van der Waals surface area (Å²) in [4.78, 5) is 45.3. The number of aliphatic hydroxyl groups excluding tert-OH is 1. The molecule has 0 bridgehead atoms. The Morgan fingerprint density at radius 1 is 1.08 bits per heavy atom. The Labute approximate surface area is 210 Å². The SMILES string of the molecule is COC(=O)c1cccc(N2C(=O)C(O)=C(C(=O)c3sc(-c4ccccc4)nc3C)C2c2ccco2)c1. The van der Waals surface area contributed by atoms with Crippen molar-refractivity contribution in [3.63, 3.8) is 0 Å². The van der Waals surface area contributed by atoms with Crippen LogP contribution in [0.1, 0.15) is 37.5 Å². The third-order valence-corrected chi connectivity index (χ3v) is 7.04. The van der Waals surface area contributed by atoms with Crippen LogP contribution in [0.2, 0.25) is 0 Å². The van der Waals surface area contributed by atoms with Crippen LogP contribution in [-0.4, -0.2) is 34.9 Å². The van der Waals surface area contributed by atoms with E-state index in [0.29, 0.717) is 21.3 Å². The molecule has 1 amide bonds. The first-order chi connectivity index (χ1) is 17.4. The van der Waals surface area contributed by atoms with E-state index in [1.807, 2.05) is 30.3 Å². The number of amides is 1. The van der Waals surface area contributed by atoms with Gasteiger partial charge in [0.2, 0.25) is 5.78 Å². The van der Waals surface area contributed by atoms with Crippen LogP contribution in [0.15, 0.2) is 88.7 Å². The number of carbonyl (C=O) groups is 3.